The van der Waals surface area contributed by atoms with Gasteiger partial charge in [0.25, 0.3) is 6.71 Å². The van der Waals surface area contributed by atoms with Crippen molar-refractivity contribution < 1.29 is 26.3 Å². The topological polar surface area (TPSA) is 29.5 Å². The molecule has 2 aliphatic heterocycles. The average Bonchev–Trinajstić information content (AvgIpc) is 1.04. The lowest BCUT2D eigenvalue weighted by molar-refractivity contribution is 0.569. The first-order valence-corrected chi connectivity index (χ1v) is 37.2. The Bertz CT molecular complexity index is 7290. The predicted octanol–water partition coefficient (Wildman–Crippen LogP) is 26.5. The number of benzene rings is 16. The lowest BCUT2D eigenvalue weighted by Crippen LogP contribution is -2.61. The van der Waals surface area contributed by atoms with Crippen LogP contribution in [0.5, 0.6) is 0 Å². The number of para-hydroxylation sites is 7. The van der Waals surface area contributed by atoms with Crippen LogP contribution in [0.25, 0.3) is 144 Å². The molecular formula is C104H77BN4O. The number of aromatic nitrogens is 2. The zero-order chi connectivity index (χ0) is 87.6. The Morgan fingerprint density at radius 3 is 1.06 bits per heavy atom. The third-order valence-corrected chi connectivity index (χ3v) is 22.3. The van der Waals surface area contributed by atoms with Gasteiger partial charge < -0.3 is 23.4 Å². The molecule has 522 valence electrons. The molecule has 0 atom stereocenters. The van der Waals surface area contributed by atoms with Gasteiger partial charge in [-0.3, -0.25) is 0 Å². The summed E-state index contributed by atoms with van der Waals surface area (Å²) in [7, 11) is 0. The van der Waals surface area contributed by atoms with E-state index in [1.165, 1.54) is 0 Å². The van der Waals surface area contributed by atoms with Gasteiger partial charge in [-0.05, 0) is 156 Å². The van der Waals surface area contributed by atoms with Gasteiger partial charge in [-0.2, -0.15) is 0 Å². The van der Waals surface area contributed by atoms with E-state index in [-0.39, 0.29) is 54.4 Å². The van der Waals surface area contributed by atoms with Crippen molar-refractivity contribution in [3.63, 3.8) is 0 Å². The molecule has 2 aliphatic rings. The fourth-order valence-electron chi connectivity index (χ4n) is 17.1. The maximum atomic E-state index is 9.96. The summed E-state index contributed by atoms with van der Waals surface area (Å²) in [6, 6.07) is 80.5. The smallest absolute Gasteiger partial charge is 0.252 e. The molecule has 110 heavy (non-hydrogen) atoms. The Hall–Kier alpha value is -13.4. The third kappa shape index (κ3) is 10.3. The van der Waals surface area contributed by atoms with Gasteiger partial charge in [-0.15, -0.1) is 0 Å². The van der Waals surface area contributed by atoms with Gasteiger partial charge >= 0.3 is 0 Å². The lowest BCUT2D eigenvalue weighted by atomic mass is 9.33. The minimum Gasteiger partial charge on any atom is -0.455 e. The number of fused-ring (bicyclic) bond motifs is 13. The van der Waals surface area contributed by atoms with Crippen LogP contribution in [0.2, 0.25) is 0 Å². The van der Waals surface area contributed by atoms with E-state index in [1.807, 2.05) is 127 Å². The molecule has 5 heterocycles. The number of hydrogen-bond donors (Lipinski definition) is 0. The predicted molar refractivity (Wildman–Crippen MR) is 466 cm³/mol. The van der Waals surface area contributed by atoms with Crippen molar-refractivity contribution in [2.75, 3.05) is 9.80 Å². The van der Waals surface area contributed by atoms with E-state index in [4.69, 9.17) is 9.90 Å². The van der Waals surface area contributed by atoms with Crippen molar-refractivity contribution >= 4 is 123 Å². The van der Waals surface area contributed by atoms with Crippen LogP contribution in [0.1, 0.15) is 74.6 Å². The van der Waals surface area contributed by atoms with E-state index in [1.54, 1.807) is 9.13 Å². The second kappa shape index (κ2) is 25.1. The third-order valence-electron chi connectivity index (χ3n) is 22.3. The highest BCUT2D eigenvalue weighted by Crippen LogP contribution is 2.55. The molecule has 0 aliphatic carbocycles. The summed E-state index contributed by atoms with van der Waals surface area (Å²) in [4.78, 5) is 4.63. The molecule has 0 saturated heterocycles. The van der Waals surface area contributed by atoms with E-state index in [0.29, 0.717) is 56.2 Å². The van der Waals surface area contributed by atoms with E-state index in [0.717, 1.165) is 105 Å². The number of furan rings is 1. The van der Waals surface area contributed by atoms with E-state index in [2.05, 4.69) is 185 Å². The van der Waals surface area contributed by atoms with Crippen LogP contribution >= 0.6 is 0 Å². The van der Waals surface area contributed by atoms with Crippen molar-refractivity contribution in [1.29, 1.82) is 0 Å². The monoisotopic (exact) mass is 1420 g/mol. The molecule has 0 N–H and O–H groups in total. The summed E-state index contributed by atoms with van der Waals surface area (Å²) >= 11 is 0. The summed E-state index contributed by atoms with van der Waals surface area (Å²) in [6.07, 6.45) is 0. The highest BCUT2D eigenvalue weighted by molar-refractivity contribution is 7.00. The molecule has 0 saturated carbocycles. The van der Waals surface area contributed by atoms with Gasteiger partial charge in [-0.25, -0.2) is 0 Å². The van der Waals surface area contributed by atoms with Gasteiger partial charge in [0.2, 0.25) is 0 Å². The maximum Gasteiger partial charge on any atom is 0.252 e. The number of anilines is 6. The molecule has 0 unspecified atom stereocenters. The van der Waals surface area contributed by atoms with E-state index < -0.39 is 103 Å². The largest absolute Gasteiger partial charge is 0.455 e. The normalized spacial score (nSPS) is 14.8. The van der Waals surface area contributed by atoms with Crippen LogP contribution in [0, 0.1) is 0 Å². The van der Waals surface area contributed by atoms with Crippen LogP contribution in [0.15, 0.2) is 362 Å². The number of rotatable bonds is 10. The van der Waals surface area contributed by atoms with Gasteiger partial charge in [0.15, 0.2) is 0 Å². The molecular weight excluding hydrogens is 1330 g/mol. The van der Waals surface area contributed by atoms with Crippen LogP contribution in [-0.4, -0.2) is 15.8 Å². The first-order chi connectivity index (χ1) is 60.5. The minimum absolute atomic E-state index is 0.0668. The van der Waals surface area contributed by atoms with Crippen molar-refractivity contribution in [3.05, 3.63) is 369 Å². The van der Waals surface area contributed by atoms with Crippen LogP contribution in [0.4, 0.5) is 34.1 Å². The number of hydrogen-bond acceptors (Lipinski definition) is 3. The van der Waals surface area contributed by atoms with Crippen LogP contribution in [0.3, 0.4) is 0 Å². The number of nitrogens with zero attached hydrogens (tertiary/aromatic N) is 4. The quantitative estimate of drug-likeness (QED) is 0.128. The van der Waals surface area contributed by atoms with E-state index in [9.17, 15) is 16.4 Å². The second-order valence-corrected chi connectivity index (χ2v) is 30.7. The highest BCUT2D eigenvalue weighted by Gasteiger charge is 2.46. The Balaban J connectivity index is 0.994. The van der Waals surface area contributed by atoms with Gasteiger partial charge in [0.1, 0.15) is 11.2 Å². The molecule has 0 amide bonds. The molecule has 5 nitrogen and oxygen atoms in total. The maximum absolute atomic E-state index is 9.96. The SMILES string of the molecule is [2H]c1c([2H])c([2H])c2c(c1[2H])c1c([2H])c([2H])c([2H])c([2H])c1n2-c1ccc2c(c1)N(c1c(-c3ccccc3)cccc1-c1ccccc1)c1cc(-c3cc(-c4cc(C(C)(C)C)cc(C(C)(C)C)c4)c4oc5ccccc5c4c3)cc3c1B2c1ccc(-n2c4c([2H])c([2H])c([2H])c([2H])c4c4c([2H])c([2H])c([2H])c([2H])c42)cc1N3c1c(-c2ccccc2)cccc1-c1ccccc1. The molecule has 0 fully saturated rings. The Kier molecular flexibility index (Phi) is 11.5. The summed E-state index contributed by atoms with van der Waals surface area (Å²) in [5, 5.41) is 1.39. The molecule has 0 bridgehead atoms. The summed E-state index contributed by atoms with van der Waals surface area (Å²) in [5.74, 6) is 0. The van der Waals surface area contributed by atoms with Crippen molar-refractivity contribution in [3.8, 4) is 78.1 Å². The second-order valence-electron chi connectivity index (χ2n) is 30.7. The van der Waals surface area contributed by atoms with Crippen LogP contribution < -0.4 is 26.2 Å². The molecule has 0 radical (unpaired) electrons. The minimum atomic E-state index is -0.829. The standard InChI is InChI=1S/C104H77BN4O/c1-103(2,3)73-57-72(58-74(63-73)104(4,5)6)86-59-70(60-87-85-43-23-28-52-98(85)110-102(86)87)71-61-96-99-97(62-71)109(101-79(68-35-15-9-16-36-68)46-30-47-80(101)69-37-17-10-18-38-69)95-65-76(107-92-50-26-21-41-83(92)84-42-22-27-51-93(84)107)54-56-89(95)105(99)88-55-53-75(106-90-48-24-19-39-81(90)82-40-20-25-49-91(82)106)64-94(88)108(96)100-77(66-31-11-7-12-32-66)44-29-45-78(100)67-33-13-8-14-34-67/h7-65H,1-6H3/i19D,20D,21D,22D,24D,25D,26D,27D,39D,40D,41D,42D,48D,49D,50D,51D. The Morgan fingerprint density at radius 2 is 0.664 bits per heavy atom. The van der Waals surface area contributed by atoms with Crippen molar-refractivity contribution in [2.24, 2.45) is 0 Å². The molecule has 19 aromatic rings. The average molecular weight is 1430 g/mol. The summed E-state index contributed by atoms with van der Waals surface area (Å²) < 4.78 is 163. The summed E-state index contributed by atoms with van der Waals surface area (Å²) in [5.41, 5.74) is 19.5. The fraction of sp³-hybridized carbons (Fsp3) is 0.0769. The van der Waals surface area contributed by atoms with Crippen molar-refractivity contribution in [1.82, 2.24) is 9.13 Å². The Morgan fingerprint density at radius 1 is 0.291 bits per heavy atom. The zero-order valence-corrected chi connectivity index (χ0v) is 61.1. The Labute approximate surface area is 664 Å². The van der Waals surface area contributed by atoms with Crippen molar-refractivity contribution in [2.45, 2.75) is 52.4 Å². The summed E-state index contributed by atoms with van der Waals surface area (Å²) in [6.45, 7) is 12.5. The zero-order valence-electron chi connectivity index (χ0n) is 77.1. The fourth-order valence-corrected chi connectivity index (χ4v) is 17.1. The van der Waals surface area contributed by atoms with Gasteiger partial charge in [0, 0.05) is 94.3 Å². The highest BCUT2D eigenvalue weighted by atomic mass is 16.3. The molecule has 16 aromatic carbocycles. The molecule has 3 aromatic heterocycles. The van der Waals surface area contributed by atoms with E-state index >= 15 is 0 Å². The molecule has 21 rings (SSSR count). The van der Waals surface area contributed by atoms with Gasteiger partial charge in [0.05, 0.1) is 55.4 Å². The molecule has 0 spiro atoms. The first-order valence-electron chi connectivity index (χ1n) is 45.2. The first kappa shape index (κ1) is 50.2. The lowest BCUT2D eigenvalue weighted by Gasteiger charge is -2.46. The molecule has 6 heteroatoms. The van der Waals surface area contributed by atoms with Gasteiger partial charge in [-0.1, -0.05) is 320 Å². The van der Waals surface area contributed by atoms with Crippen LogP contribution in [-0.2, 0) is 10.8 Å².